The summed E-state index contributed by atoms with van der Waals surface area (Å²) in [7, 11) is 3.09. The van der Waals surface area contributed by atoms with E-state index in [0.29, 0.717) is 46.6 Å². The van der Waals surface area contributed by atoms with Crippen molar-refractivity contribution in [2.75, 3.05) is 27.6 Å². The number of furan rings is 1. The number of hydrogen-bond acceptors (Lipinski definition) is 9. The Bertz CT molecular complexity index is 1450. The molecule has 2 aromatic heterocycles. The first kappa shape index (κ1) is 25.7. The van der Waals surface area contributed by atoms with Crippen molar-refractivity contribution < 1.29 is 37.5 Å². The lowest BCUT2D eigenvalue weighted by molar-refractivity contribution is -0.121. The highest BCUT2D eigenvalue weighted by Gasteiger charge is 2.24. The van der Waals surface area contributed by atoms with E-state index < -0.39 is 5.91 Å². The molecule has 1 N–H and O–H groups in total. The Morgan fingerprint density at radius 3 is 2.69 bits per heavy atom. The summed E-state index contributed by atoms with van der Waals surface area (Å²) in [6, 6.07) is 15.8. The van der Waals surface area contributed by atoms with E-state index in [-0.39, 0.29) is 37.9 Å². The number of hydrogen-bond donors (Lipinski definition) is 1. The zero-order valence-electron chi connectivity index (χ0n) is 21.5. The molecule has 0 radical (unpaired) electrons. The van der Waals surface area contributed by atoms with Gasteiger partial charge in [0.2, 0.25) is 12.7 Å². The second kappa shape index (κ2) is 11.6. The normalized spacial score (nSPS) is 11.7. The molecule has 4 aromatic rings. The Balaban J connectivity index is 1.26. The third-order valence-electron chi connectivity index (χ3n) is 6.15. The number of nitrogens with one attached hydrogen (secondary N) is 1. The first-order valence-electron chi connectivity index (χ1n) is 12.2. The van der Waals surface area contributed by atoms with Crippen LogP contribution in [0.5, 0.6) is 23.0 Å². The summed E-state index contributed by atoms with van der Waals surface area (Å²) in [5.41, 5.74) is 1.55. The van der Waals surface area contributed by atoms with Gasteiger partial charge in [-0.2, -0.15) is 0 Å². The van der Waals surface area contributed by atoms with E-state index >= 15 is 0 Å². The van der Waals surface area contributed by atoms with Crippen LogP contribution >= 0.6 is 0 Å². The Labute approximate surface area is 224 Å². The van der Waals surface area contributed by atoms with Gasteiger partial charge in [0.1, 0.15) is 17.3 Å². The van der Waals surface area contributed by atoms with Crippen LogP contribution in [-0.2, 0) is 17.9 Å². The summed E-state index contributed by atoms with van der Waals surface area (Å²) in [5, 5.41) is 6.86. The van der Waals surface area contributed by atoms with Crippen molar-refractivity contribution >= 4 is 11.8 Å². The van der Waals surface area contributed by atoms with Crippen LogP contribution in [0.15, 0.2) is 69.8 Å². The first-order valence-corrected chi connectivity index (χ1v) is 12.2. The van der Waals surface area contributed by atoms with Gasteiger partial charge in [-0.1, -0.05) is 11.2 Å². The number of aromatic nitrogens is 1. The Hall–Kier alpha value is -4.93. The summed E-state index contributed by atoms with van der Waals surface area (Å²) in [4.78, 5) is 27.6. The van der Waals surface area contributed by atoms with Crippen LogP contribution in [0.25, 0.3) is 11.3 Å². The molecule has 202 valence electrons. The topological polar surface area (TPSA) is 126 Å². The van der Waals surface area contributed by atoms with Crippen LogP contribution in [0.4, 0.5) is 0 Å². The van der Waals surface area contributed by atoms with Crippen LogP contribution < -0.4 is 24.3 Å². The van der Waals surface area contributed by atoms with Crippen molar-refractivity contribution in [1.29, 1.82) is 0 Å². The number of carbonyl (C=O) groups is 2. The van der Waals surface area contributed by atoms with Gasteiger partial charge in [-0.05, 0) is 48.0 Å². The summed E-state index contributed by atoms with van der Waals surface area (Å²) in [5.74, 6) is 2.75. The van der Waals surface area contributed by atoms with E-state index in [2.05, 4.69) is 10.5 Å². The zero-order valence-corrected chi connectivity index (χ0v) is 21.5. The third-order valence-corrected chi connectivity index (χ3v) is 6.15. The number of amides is 2. The monoisotopic (exact) mass is 533 g/mol. The lowest BCUT2D eigenvalue weighted by atomic mass is 10.1. The van der Waals surface area contributed by atoms with Crippen molar-refractivity contribution in [3.05, 3.63) is 77.9 Å². The molecule has 0 bridgehead atoms. The predicted molar refractivity (Wildman–Crippen MR) is 138 cm³/mol. The molecule has 5 rings (SSSR count). The lowest BCUT2D eigenvalue weighted by Crippen LogP contribution is -2.35. The molecule has 0 atom stereocenters. The van der Waals surface area contributed by atoms with E-state index in [1.807, 2.05) is 12.1 Å². The number of methoxy groups -OCH3 is 2. The average Bonchev–Trinajstić information content (AvgIpc) is 3.75. The molecule has 0 fully saturated rings. The summed E-state index contributed by atoms with van der Waals surface area (Å²) >= 11 is 0. The molecule has 39 heavy (non-hydrogen) atoms. The van der Waals surface area contributed by atoms with Gasteiger partial charge in [0, 0.05) is 25.6 Å². The van der Waals surface area contributed by atoms with Crippen molar-refractivity contribution in [1.82, 2.24) is 15.4 Å². The second-order valence-electron chi connectivity index (χ2n) is 8.66. The lowest BCUT2D eigenvalue weighted by Gasteiger charge is -2.20. The fourth-order valence-corrected chi connectivity index (χ4v) is 4.09. The molecule has 2 aromatic carbocycles. The molecule has 2 amide bonds. The minimum Gasteiger partial charge on any atom is -0.497 e. The van der Waals surface area contributed by atoms with Gasteiger partial charge in [-0.15, -0.1) is 0 Å². The second-order valence-corrected chi connectivity index (χ2v) is 8.66. The van der Waals surface area contributed by atoms with Crippen molar-refractivity contribution in [3.8, 4) is 34.3 Å². The number of carbonyl (C=O) groups excluding carboxylic acids is 2. The van der Waals surface area contributed by atoms with Crippen molar-refractivity contribution in [3.63, 3.8) is 0 Å². The number of fused-ring (bicyclic) bond motifs is 1. The average molecular weight is 534 g/mol. The molecule has 0 aliphatic carbocycles. The number of ether oxygens (including phenoxy) is 4. The van der Waals surface area contributed by atoms with Gasteiger partial charge in [0.25, 0.3) is 5.91 Å². The Kier molecular flexibility index (Phi) is 7.67. The Morgan fingerprint density at radius 1 is 1.03 bits per heavy atom. The van der Waals surface area contributed by atoms with Gasteiger partial charge < -0.3 is 38.1 Å². The van der Waals surface area contributed by atoms with Crippen LogP contribution in [0, 0.1) is 0 Å². The molecule has 0 spiro atoms. The SMILES string of the molecule is COc1ccc(OC)c(-c2cc(C(=O)N(CCC(=O)NCc3ccc4c(c3)OCO4)Cc3ccco3)no2)c1. The highest BCUT2D eigenvalue weighted by molar-refractivity contribution is 5.93. The molecule has 11 nitrogen and oxygen atoms in total. The van der Waals surface area contributed by atoms with E-state index in [9.17, 15) is 9.59 Å². The minimum absolute atomic E-state index is 0.0748. The van der Waals surface area contributed by atoms with Gasteiger partial charge in [-0.3, -0.25) is 9.59 Å². The maximum Gasteiger partial charge on any atom is 0.276 e. The standard InChI is InChI=1S/C28H27N3O8/c1-34-19-6-8-23(35-2)21(13-19)25-14-22(30-39-25)28(33)31(16-20-4-3-11-36-20)10-9-27(32)29-15-18-5-7-24-26(12-18)38-17-37-24/h3-8,11-14H,9-10,15-17H2,1-2H3,(H,29,32). The predicted octanol–water partition coefficient (Wildman–Crippen LogP) is 4.03. The molecule has 1 aliphatic rings. The molecule has 0 unspecified atom stereocenters. The fourth-order valence-electron chi connectivity index (χ4n) is 4.09. The van der Waals surface area contributed by atoms with Gasteiger partial charge in [0.15, 0.2) is 23.0 Å². The molecular formula is C28H27N3O8. The van der Waals surface area contributed by atoms with Gasteiger partial charge in [-0.25, -0.2) is 0 Å². The van der Waals surface area contributed by atoms with Crippen LogP contribution in [0.2, 0.25) is 0 Å². The molecule has 0 saturated heterocycles. The van der Waals surface area contributed by atoms with E-state index in [4.69, 9.17) is 27.9 Å². The highest BCUT2D eigenvalue weighted by atomic mass is 16.7. The highest BCUT2D eigenvalue weighted by Crippen LogP contribution is 2.34. The van der Waals surface area contributed by atoms with Crippen molar-refractivity contribution in [2.24, 2.45) is 0 Å². The summed E-state index contributed by atoms with van der Waals surface area (Å²) in [6.45, 7) is 0.796. The smallest absolute Gasteiger partial charge is 0.276 e. The van der Waals surface area contributed by atoms with Gasteiger partial charge in [0.05, 0.1) is 32.6 Å². The van der Waals surface area contributed by atoms with Crippen LogP contribution in [0.1, 0.15) is 28.2 Å². The van der Waals surface area contributed by atoms with Crippen molar-refractivity contribution in [2.45, 2.75) is 19.5 Å². The van der Waals surface area contributed by atoms with E-state index in [0.717, 1.165) is 5.56 Å². The maximum atomic E-state index is 13.4. The van der Waals surface area contributed by atoms with Crippen LogP contribution in [0.3, 0.4) is 0 Å². The van der Waals surface area contributed by atoms with Crippen LogP contribution in [-0.4, -0.2) is 49.4 Å². The zero-order chi connectivity index (χ0) is 27.2. The van der Waals surface area contributed by atoms with E-state index in [1.165, 1.54) is 24.3 Å². The first-order chi connectivity index (χ1) is 19.0. The molecule has 11 heteroatoms. The molecule has 3 heterocycles. The number of nitrogens with zero attached hydrogens (tertiary/aromatic N) is 2. The van der Waals surface area contributed by atoms with E-state index in [1.54, 1.807) is 43.5 Å². The minimum atomic E-state index is -0.410. The number of benzene rings is 2. The third kappa shape index (κ3) is 5.98. The Morgan fingerprint density at radius 2 is 1.90 bits per heavy atom. The molecular weight excluding hydrogens is 506 g/mol. The molecule has 1 aliphatic heterocycles. The quantitative estimate of drug-likeness (QED) is 0.304. The maximum absolute atomic E-state index is 13.4. The summed E-state index contributed by atoms with van der Waals surface area (Å²) < 4.78 is 32.3. The van der Waals surface area contributed by atoms with Gasteiger partial charge >= 0.3 is 0 Å². The number of rotatable bonds is 11. The fraction of sp³-hybridized carbons (Fsp3) is 0.250. The summed E-state index contributed by atoms with van der Waals surface area (Å²) in [6.07, 6.45) is 1.60. The largest absolute Gasteiger partial charge is 0.497 e. The molecule has 0 saturated carbocycles.